The van der Waals surface area contributed by atoms with Crippen LogP contribution in [0.25, 0.3) is 0 Å². The molecule has 1 aromatic heterocycles. The van der Waals surface area contributed by atoms with Crippen molar-refractivity contribution in [1.29, 1.82) is 0 Å². The Bertz CT molecular complexity index is 525. The lowest BCUT2D eigenvalue weighted by molar-refractivity contribution is 0.372. The van der Waals surface area contributed by atoms with E-state index in [0.717, 1.165) is 23.6 Å². The number of methoxy groups -OCH3 is 1. The number of hydrogen-bond donors (Lipinski definition) is 1. The largest absolute Gasteiger partial charge is 0.496 e. The number of rotatable bonds is 6. The standard InChI is InChI=1S/C14H19N3O2/c1-10(15-2)8-13-16-14(19-17-13)9-11-6-4-5-7-12(11)18-3/h4-7,10,15H,8-9H2,1-3H3. The van der Waals surface area contributed by atoms with Crippen molar-refractivity contribution in [1.82, 2.24) is 15.5 Å². The van der Waals surface area contributed by atoms with E-state index in [1.165, 1.54) is 0 Å². The van der Waals surface area contributed by atoms with E-state index in [2.05, 4.69) is 22.4 Å². The van der Waals surface area contributed by atoms with Gasteiger partial charge < -0.3 is 14.6 Å². The SMILES string of the molecule is CNC(C)Cc1noc(Cc2ccccc2OC)n1. The molecule has 0 aliphatic carbocycles. The average molecular weight is 261 g/mol. The predicted molar refractivity (Wildman–Crippen MR) is 72.3 cm³/mol. The molecule has 102 valence electrons. The van der Waals surface area contributed by atoms with Crippen LogP contribution in [-0.4, -0.2) is 30.3 Å². The van der Waals surface area contributed by atoms with Crippen molar-refractivity contribution in [2.24, 2.45) is 0 Å². The molecule has 5 heteroatoms. The molecule has 0 bridgehead atoms. The smallest absolute Gasteiger partial charge is 0.231 e. The first-order valence-corrected chi connectivity index (χ1v) is 6.33. The summed E-state index contributed by atoms with van der Waals surface area (Å²) in [4.78, 5) is 4.40. The molecule has 0 fully saturated rings. The molecule has 2 aromatic rings. The fraction of sp³-hybridized carbons (Fsp3) is 0.429. The number of benzene rings is 1. The van der Waals surface area contributed by atoms with Crippen molar-refractivity contribution in [3.8, 4) is 5.75 Å². The lowest BCUT2D eigenvalue weighted by atomic mass is 10.1. The van der Waals surface area contributed by atoms with Gasteiger partial charge in [-0.2, -0.15) is 4.98 Å². The van der Waals surface area contributed by atoms with Crippen LogP contribution in [-0.2, 0) is 12.8 Å². The third-order valence-corrected chi connectivity index (χ3v) is 3.03. The van der Waals surface area contributed by atoms with Crippen LogP contribution in [0.1, 0.15) is 24.2 Å². The normalized spacial score (nSPS) is 12.4. The molecule has 1 N–H and O–H groups in total. The highest BCUT2D eigenvalue weighted by Gasteiger charge is 2.11. The molecule has 0 spiro atoms. The maximum atomic E-state index is 5.31. The van der Waals surface area contributed by atoms with Gasteiger partial charge in [-0.1, -0.05) is 23.4 Å². The highest BCUT2D eigenvalue weighted by atomic mass is 16.5. The molecule has 0 saturated heterocycles. The third-order valence-electron chi connectivity index (χ3n) is 3.03. The van der Waals surface area contributed by atoms with Crippen LogP contribution >= 0.6 is 0 Å². The fourth-order valence-corrected chi connectivity index (χ4v) is 1.83. The van der Waals surface area contributed by atoms with E-state index in [1.807, 2.05) is 31.3 Å². The molecule has 5 nitrogen and oxygen atoms in total. The van der Waals surface area contributed by atoms with Gasteiger partial charge in [-0.05, 0) is 20.0 Å². The monoisotopic (exact) mass is 261 g/mol. The zero-order valence-corrected chi connectivity index (χ0v) is 11.5. The first-order chi connectivity index (χ1) is 9.22. The van der Waals surface area contributed by atoms with Crippen LogP contribution < -0.4 is 10.1 Å². The van der Waals surface area contributed by atoms with E-state index in [1.54, 1.807) is 7.11 Å². The molecule has 2 rings (SSSR count). The Kier molecular flexibility index (Phi) is 4.52. The molecule has 1 unspecified atom stereocenters. The van der Waals surface area contributed by atoms with Crippen LogP contribution in [0, 0.1) is 0 Å². The van der Waals surface area contributed by atoms with Crippen molar-refractivity contribution < 1.29 is 9.26 Å². The van der Waals surface area contributed by atoms with Crippen LogP contribution in [0.15, 0.2) is 28.8 Å². The maximum absolute atomic E-state index is 5.31. The van der Waals surface area contributed by atoms with Gasteiger partial charge in [0.25, 0.3) is 0 Å². The van der Waals surface area contributed by atoms with Gasteiger partial charge in [0, 0.05) is 18.0 Å². The van der Waals surface area contributed by atoms with E-state index in [9.17, 15) is 0 Å². The topological polar surface area (TPSA) is 60.2 Å². The van der Waals surface area contributed by atoms with Gasteiger partial charge in [-0.3, -0.25) is 0 Å². The van der Waals surface area contributed by atoms with Crippen molar-refractivity contribution >= 4 is 0 Å². The van der Waals surface area contributed by atoms with Crippen LogP contribution in [0.3, 0.4) is 0 Å². The number of likely N-dealkylation sites (N-methyl/N-ethyl adjacent to an activating group) is 1. The Labute approximate surface area is 113 Å². The van der Waals surface area contributed by atoms with Gasteiger partial charge in [0.1, 0.15) is 5.75 Å². The van der Waals surface area contributed by atoms with Gasteiger partial charge in [0.05, 0.1) is 13.5 Å². The summed E-state index contributed by atoms with van der Waals surface area (Å²) < 4.78 is 10.6. The van der Waals surface area contributed by atoms with E-state index in [-0.39, 0.29) is 0 Å². The first-order valence-electron chi connectivity index (χ1n) is 6.33. The Morgan fingerprint density at radius 1 is 1.37 bits per heavy atom. The van der Waals surface area contributed by atoms with Gasteiger partial charge in [-0.15, -0.1) is 0 Å². The minimum atomic E-state index is 0.330. The number of nitrogens with one attached hydrogen (secondary N) is 1. The van der Waals surface area contributed by atoms with Crippen molar-refractivity contribution in [3.05, 3.63) is 41.5 Å². The number of aromatic nitrogens is 2. The van der Waals surface area contributed by atoms with E-state index in [0.29, 0.717) is 18.4 Å². The van der Waals surface area contributed by atoms with Crippen molar-refractivity contribution in [2.45, 2.75) is 25.8 Å². The van der Waals surface area contributed by atoms with E-state index < -0.39 is 0 Å². The van der Waals surface area contributed by atoms with Crippen molar-refractivity contribution in [3.63, 3.8) is 0 Å². The summed E-state index contributed by atoms with van der Waals surface area (Å²) in [5, 5.41) is 7.14. The quantitative estimate of drug-likeness (QED) is 0.859. The summed E-state index contributed by atoms with van der Waals surface area (Å²) in [7, 11) is 3.58. The summed E-state index contributed by atoms with van der Waals surface area (Å²) in [5.41, 5.74) is 1.04. The molecule has 0 saturated carbocycles. The number of ether oxygens (including phenoxy) is 1. The van der Waals surface area contributed by atoms with E-state index >= 15 is 0 Å². The molecular weight excluding hydrogens is 242 g/mol. The van der Waals surface area contributed by atoms with Gasteiger partial charge in [0.2, 0.25) is 5.89 Å². The summed E-state index contributed by atoms with van der Waals surface area (Å²) in [6.07, 6.45) is 1.34. The zero-order valence-electron chi connectivity index (χ0n) is 11.5. The average Bonchev–Trinajstić information content (AvgIpc) is 2.86. The Balaban J connectivity index is 2.07. The minimum Gasteiger partial charge on any atom is -0.496 e. The maximum Gasteiger partial charge on any atom is 0.231 e. The van der Waals surface area contributed by atoms with Crippen LogP contribution in [0.4, 0.5) is 0 Å². The molecule has 0 aliphatic rings. The molecule has 1 atom stereocenters. The molecule has 19 heavy (non-hydrogen) atoms. The second kappa shape index (κ2) is 6.33. The number of hydrogen-bond acceptors (Lipinski definition) is 5. The Morgan fingerprint density at radius 2 is 2.16 bits per heavy atom. The molecular formula is C14H19N3O2. The molecule has 1 aromatic carbocycles. The fourth-order valence-electron chi connectivity index (χ4n) is 1.83. The summed E-state index contributed by atoms with van der Waals surface area (Å²) in [6, 6.07) is 8.17. The summed E-state index contributed by atoms with van der Waals surface area (Å²) >= 11 is 0. The van der Waals surface area contributed by atoms with Gasteiger partial charge >= 0.3 is 0 Å². The second-order valence-electron chi connectivity index (χ2n) is 4.49. The molecule has 0 amide bonds. The second-order valence-corrected chi connectivity index (χ2v) is 4.49. The number of nitrogens with zero attached hydrogens (tertiary/aromatic N) is 2. The summed E-state index contributed by atoms with van der Waals surface area (Å²) in [5.74, 6) is 2.18. The number of para-hydroxylation sites is 1. The highest BCUT2D eigenvalue weighted by molar-refractivity contribution is 5.34. The molecule has 0 radical (unpaired) electrons. The highest BCUT2D eigenvalue weighted by Crippen LogP contribution is 2.20. The lowest BCUT2D eigenvalue weighted by Crippen LogP contribution is -2.24. The zero-order chi connectivity index (χ0) is 13.7. The molecule has 0 aliphatic heterocycles. The third kappa shape index (κ3) is 3.54. The van der Waals surface area contributed by atoms with Crippen molar-refractivity contribution in [2.75, 3.05) is 14.2 Å². The Hall–Kier alpha value is -1.88. The Morgan fingerprint density at radius 3 is 2.89 bits per heavy atom. The van der Waals surface area contributed by atoms with Crippen LogP contribution in [0.5, 0.6) is 5.75 Å². The predicted octanol–water partition coefficient (Wildman–Crippen LogP) is 1.82. The first kappa shape index (κ1) is 13.5. The van der Waals surface area contributed by atoms with E-state index in [4.69, 9.17) is 9.26 Å². The molecule has 1 heterocycles. The lowest BCUT2D eigenvalue weighted by Gasteiger charge is -2.05. The van der Waals surface area contributed by atoms with Gasteiger partial charge in [-0.25, -0.2) is 0 Å². The van der Waals surface area contributed by atoms with Gasteiger partial charge in [0.15, 0.2) is 5.82 Å². The summed E-state index contributed by atoms with van der Waals surface area (Å²) in [6.45, 7) is 2.08. The minimum absolute atomic E-state index is 0.330. The van der Waals surface area contributed by atoms with Crippen LogP contribution in [0.2, 0.25) is 0 Å².